The first kappa shape index (κ1) is 24.2. The van der Waals surface area contributed by atoms with E-state index >= 15 is 0 Å². The van der Waals surface area contributed by atoms with Crippen molar-refractivity contribution in [3.8, 4) is 0 Å². The molecule has 0 aliphatic carbocycles. The van der Waals surface area contributed by atoms with Gasteiger partial charge in [0, 0.05) is 5.57 Å². The van der Waals surface area contributed by atoms with Gasteiger partial charge in [0.25, 0.3) is 0 Å². The third-order valence-electron chi connectivity index (χ3n) is 4.76. The van der Waals surface area contributed by atoms with Crippen LogP contribution in [0, 0.1) is 0 Å². The second-order valence-electron chi connectivity index (χ2n) is 7.80. The van der Waals surface area contributed by atoms with Gasteiger partial charge in [-0.1, -0.05) is 84.1 Å². The van der Waals surface area contributed by atoms with Crippen molar-refractivity contribution in [1.29, 1.82) is 0 Å². The van der Waals surface area contributed by atoms with E-state index in [1.807, 2.05) is 6.92 Å². The smallest absolute Gasteiger partial charge is 0.333 e. The Balaban J connectivity index is 3.44. The summed E-state index contributed by atoms with van der Waals surface area (Å²) in [6.07, 6.45) is 16.7. The minimum absolute atomic E-state index is 0.343. The van der Waals surface area contributed by atoms with Gasteiger partial charge in [-0.15, -0.1) is 0 Å². The Morgan fingerprint density at radius 1 is 0.880 bits per heavy atom. The largest absolute Gasteiger partial charge is 0.462 e. The zero-order chi connectivity index (χ0) is 19.0. The normalized spacial score (nSPS) is 13.4. The molecule has 0 heterocycles. The van der Waals surface area contributed by atoms with E-state index < -0.39 is 5.60 Å². The van der Waals surface area contributed by atoms with Gasteiger partial charge in [-0.25, -0.2) is 4.79 Å². The monoisotopic (exact) mass is 354 g/mol. The molecule has 0 bridgehead atoms. The van der Waals surface area contributed by atoms with E-state index in [4.69, 9.17) is 4.74 Å². The fraction of sp³-hybridized carbons (Fsp3) is 0.864. The zero-order valence-corrected chi connectivity index (χ0v) is 17.1. The summed E-state index contributed by atoms with van der Waals surface area (Å²) in [5, 5.41) is 10.4. The molecule has 0 aliphatic heterocycles. The molecular formula is C22H42O3. The van der Waals surface area contributed by atoms with E-state index in [1.54, 1.807) is 6.92 Å². The minimum Gasteiger partial charge on any atom is -0.462 e. The Bertz CT molecular complexity index is 347. The number of aliphatic hydroxyl groups is 1. The lowest BCUT2D eigenvalue weighted by Crippen LogP contribution is -2.24. The Morgan fingerprint density at radius 3 is 1.80 bits per heavy atom. The van der Waals surface area contributed by atoms with Crippen LogP contribution in [0.1, 0.15) is 111 Å². The Morgan fingerprint density at radius 2 is 1.32 bits per heavy atom. The summed E-state index contributed by atoms with van der Waals surface area (Å²) in [7, 11) is 0. The van der Waals surface area contributed by atoms with Crippen molar-refractivity contribution in [2.45, 2.75) is 116 Å². The highest BCUT2D eigenvalue weighted by molar-refractivity contribution is 5.86. The lowest BCUT2D eigenvalue weighted by Gasteiger charge is -2.23. The minimum atomic E-state index is -0.644. The molecule has 0 aromatic rings. The summed E-state index contributed by atoms with van der Waals surface area (Å²) in [5.74, 6) is -0.343. The van der Waals surface area contributed by atoms with Crippen LogP contribution < -0.4 is 0 Å². The summed E-state index contributed by atoms with van der Waals surface area (Å²) in [6, 6.07) is 0. The summed E-state index contributed by atoms with van der Waals surface area (Å²) < 4.78 is 5.06. The first-order valence-corrected chi connectivity index (χ1v) is 10.4. The third-order valence-corrected chi connectivity index (χ3v) is 4.76. The van der Waals surface area contributed by atoms with Crippen LogP contribution >= 0.6 is 0 Å². The number of unbranched alkanes of at least 4 members (excludes halogenated alkanes) is 10. The molecule has 0 fully saturated rings. The summed E-state index contributed by atoms with van der Waals surface area (Å²) in [6.45, 7) is 9.71. The number of carbonyl (C=O) groups excluding carboxylic acids is 1. The molecule has 3 heteroatoms. The summed E-state index contributed by atoms with van der Waals surface area (Å²) >= 11 is 0. The topological polar surface area (TPSA) is 46.5 Å². The second kappa shape index (κ2) is 15.4. The van der Waals surface area contributed by atoms with E-state index in [0.717, 1.165) is 12.8 Å². The Labute approximate surface area is 156 Å². The number of hydrogen-bond acceptors (Lipinski definition) is 3. The summed E-state index contributed by atoms with van der Waals surface area (Å²) in [4.78, 5) is 11.3. The van der Waals surface area contributed by atoms with Gasteiger partial charge >= 0.3 is 5.97 Å². The zero-order valence-electron chi connectivity index (χ0n) is 17.1. The van der Waals surface area contributed by atoms with Crippen molar-refractivity contribution < 1.29 is 14.6 Å². The van der Waals surface area contributed by atoms with Crippen molar-refractivity contribution in [2.24, 2.45) is 0 Å². The van der Waals surface area contributed by atoms with E-state index in [0.29, 0.717) is 25.0 Å². The Hall–Kier alpha value is -0.830. The standard InChI is InChI=1S/C22H42O3/c1-5-6-7-8-9-10-11-12-13-14-15-17-22(4,24)18-16-19-25-21(23)20(2)3/h24H,2,5-19H2,1,3-4H3. The van der Waals surface area contributed by atoms with Gasteiger partial charge in [0.1, 0.15) is 0 Å². The van der Waals surface area contributed by atoms with E-state index in [-0.39, 0.29) is 5.97 Å². The van der Waals surface area contributed by atoms with Crippen LogP contribution in [0.5, 0.6) is 0 Å². The highest BCUT2D eigenvalue weighted by Crippen LogP contribution is 2.21. The maximum absolute atomic E-state index is 11.3. The highest BCUT2D eigenvalue weighted by Gasteiger charge is 2.19. The SMILES string of the molecule is C=C(C)C(=O)OCCCC(C)(O)CCCCCCCCCCCCC. The number of hydrogen-bond donors (Lipinski definition) is 1. The lowest BCUT2D eigenvalue weighted by atomic mass is 9.93. The van der Waals surface area contributed by atoms with E-state index in [9.17, 15) is 9.90 Å². The molecule has 3 nitrogen and oxygen atoms in total. The Kier molecular flexibility index (Phi) is 14.9. The summed E-state index contributed by atoms with van der Waals surface area (Å²) in [5.41, 5.74) is -0.220. The third kappa shape index (κ3) is 16.4. The van der Waals surface area contributed by atoms with Crippen molar-refractivity contribution in [3.63, 3.8) is 0 Å². The molecule has 0 aliphatic rings. The molecular weight excluding hydrogens is 312 g/mol. The van der Waals surface area contributed by atoms with Crippen LogP contribution in [0.3, 0.4) is 0 Å². The molecule has 0 radical (unpaired) electrons. The molecule has 0 aromatic heterocycles. The van der Waals surface area contributed by atoms with Crippen LogP contribution in [0.15, 0.2) is 12.2 Å². The first-order valence-electron chi connectivity index (χ1n) is 10.4. The van der Waals surface area contributed by atoms with Crippen molar-refractivity contribution >= 4 is 5.97 Å². The highest BCUT2D eigenvalue weighted by atomic mass is 16.5. The molecule has 0 saturated heterocycles. The molecule has 0 rings (SSSR count). The van der Waals surface area contributed by atoms with E-state index in [2.05, 4.69) is 13.5 Å². The molecule has 0 spiro atoms. The predicted octanol–water partition coefficient (Wildman–Crippen LogP) is 6.34. The van der Waals surface area contributed by atoms with E-state index in [1.165, 1.54) is 64.2 Å². The molecule has 0 amide bonds. The molecule has 25 heavy (non-hydrogen) atoms. The maximum Gasteiger partial charge on any atom is 0.333 e. The van der Waals surface area contributed by atoms with Gasteiger partial charge in [-0.05, 0) is 33.1 Å². The molecule has 0 aromatic carbocycles. The number of rotatable bonds is 17. The van der Waals surface area contributed by atoms with Crippen molar-refractivity contribution in [3.05, 3.63) is 12.2 Å². The van der Waals surface area contributed by atoms with Crippen LogP contribution in [0.2, 0.25) is 0 Å². The molecule has 1 N–H and O–H groups in total. The van der Waals surface area contributed by atoms with Gasteiger partial charge in [0.15, 0.2) is 0 Å². The first-order chi connectivity index (χ1) is 11.9. The van der Waals surface area contributed by atoms with Gasteiger partial charge in [0.05, 0.1) is 12.2 Å². The van der Waals surface area contributed by atoms with Gasteiger partial charge in [-0.2, -0.15) is 0 Å². The fourth-order valence-electron chi connectivity index (χ4n) is 3.04. The van der Waals surface area contributed by atoms with Crippen molar-refractivity contribution in [1.82, 2.24) is 0 Å². The quantitative estimate of drug-likeness (QED) is 0.188. The van der Waals surface area contributed by atoms with Crippen LogP contribution in [0.25, 0.3) is 0 Å². The molecule has 0 saturated carbocycles. The molecule has 1 atom stereocenters. The van der Waals surface area contributed by atoms with Crippen LogP contribution in [-0.4, -0.2) is 23.3 Å². The van der Waals surface area contributed by atoms with Gasteiger partial charge < -0.3 is 9.84 Å². The number of carbonyl (C=O) groups is 1. The second-order valence-corrected chi connectivity index (χ2v) is 7.80. The lowest BCUT2D eigenvalue weighted by molar-refractivity contribution is -0.139. The van der Waals surface area contributed by atoms with Crippen molar-refractivity contribution in [2.75, 3.05) is 6.61 Å². The number of esters is 1. The predicted molar refractivity (Wildman–Crippen MR) is 107 cm³/mol. The maximum atomic E-state index is 11.3. The van der Waals surface area contributed by atoms with Gasteiger partial charge in [0.2, 0.25) is 0 Å². The number of ether oxygens (including phenoxy) is 1. The molecule has 1 unspecified atom stereocenters. The average Bonchev–Trinajstić information content (AvgIpc) is 2.56. The average molecular weight is 355 g/mol. The fourth-order valence-corrected chi connectivity index (χ4v) is 3.04. The van der Waals surface area contributed by atoms with Crippen LogP contribution in [0.4, 0.5) is 0 Å². The van der Waals surface area contributed by atoms with Gasteiger partial charge in [-0.3, -0.25) is 0 Å². The molecule has 148 valence electrons. The van der Waals surface area contributed by atoms with Crippen LogP contribution in [-0.2, 0) is 9.53 Å².